The van der Waals surface area contributed by atoms with Gasteiger partial charge in [-0.15, -0.1) is 0 Å². The number of rotatable bonds is 8. The number of benzene rings is 2. The van der Waals surface area contributed by atoms with Crippen LogP contribution in [0.4, 0.5) is 10.1 Å². The maximum absolute atomic E-state index is 14.4. The van der Waals surface area contributed by atoms with Crippen molar-refractivity contribution in [1.29, 1.82) is 0 Å². The number of nitrogens with zero attached hydrogens (tertiary/aromatic N) is 2. The molecule has 2 aromatic carbocycles. The minimum atomic E-state index is -1.84. The van der Waals surface area contributed by atoms with E-state index >= 15 is 0 Å². The van der Waals surface area contributed by atoms with Gasteiger partial charge in [0.05, 0.1) is 11.3 Å². The second kappa shape index (κ2) is 9.62. The first kappa shape index (κ1) is 24.6. The molecule has 0 bridgehead atoms. The number of carbonyl (C=O) groups is 3. The number of hydrogen-bond acceptors (Lipinski definition) is 5. The molecular weight excluding hydrogens is 451 g/mol. The maximum atomic E-state index is 14.4. The monoisotopic (exact) mass is 480 g/mol. The molecule has 0 radical (unpaired) electrons. The third-order valence-corrected chi connectivity index (χ3v) is 6.72. The van der Waals surface area contributed by atoms with Crippen molar-refractivity contribution in [3.05, 3.63) is 70.5 Å². The number of halogens is 1. The molecule has 2 heterocycles. The topological polar surface area (TPSA) is 87.2 Å². The minimum absolute atomic E-state index is 0.0275. The van der Waals surface area contributed by atoms with Crippen molar-refractivity contribution in [2.75, 3.05) is 31.7 Å². The molecule has 0 aromatic heterocycles. The van der Waals surface area contributed by atoms with Crippen LogP contribution in [0, 0.1) is 12.7 Å². The third-order valence-electron chi connectivity index (χ3n) is 6.72. The number of amides is 2. The lowest BCUT2D eigenvalue weighted by molar-refractivity contribution is -0.143. The molecule has 184 valence electrons. The lowest BCUT2D eigenvalue weighted by atomic mass is 9.81. The molecule has 1 fully saturated rings. The van der Waals surface area contributed by atoms with Crippen molar-refractivity contribution in [3.8, 4) is 0 Å². The van der Waals surface area contributed by atoms with Gasteiger partial charge in [0.2, 0.25) is 0 Å². The number of carbonyl (C=O) groups excluding carboxylic acids is 3. The first-order valence-corrected chi connectivity index (χ1v) is 11.8. The van der Waals surface area contributed by atoms with Crippen LogP contribution in [-0.2, 0) is 24.7 Å². The summed E-state index contributed by atoms with van der Waals surface area (Å²) in [5, 5.41) is 11.4. The van der Waals surface area contributed by atoms with Gasteiger partial charge >= 0.3 is 0 Å². The number of likely N-dealkylation sites (tertiary alicyclic amines) is 1. The smallest absolute Gasteiger partial charge is 0.296 e. The van der Waals surface area contributed by atoms with E-state index in [1.165, 1.54) is 24.1 Å². The summed E-state index contributed by atoms with van der Waals surface area (Å²) in [4.78, 5) is 43.8. The summed E-state index contributed by atoms with van der Waals surface area (Å²) in [5.41, 5.74) is -0.737. The number of methoxy groups -OCH3 is 1. The highest BCUT2D eigenvalue weighted by atomic mass is 19.1. The van der Waals surface area contributed by atoms with Gasteiger partial charge < -0.3 is 19.6 Å². The van der Waals surface area contributed by atoms with E-state index in [-0.39, 0.29) is 17.7 Å². The predicted molar refractivity (Wildman–Crippen MR) is 129 cm³/mol. The van der Waals surface area contributed by atoms with Gasteiger partial charge in [0.15, 0.2) is 5.54 Å². The number of ketones is 1. The number of ether oxygens (including phenoxy) is 1. The largest absolute Gasteiger partial charge is 0.507 e. The Kier molecular flexibility index (Phi) is 6.76. The van der Waals surface area contributed by atoms with Crippen LogP contribution in [0.25, 0.3) is 5.76 Å². The molecule has 4 rings (SSSR count). The van der Waals surface area contributed by atoms with Crippen LogP contribution in [-0.4, -0.2) is 54.4 Å². The summed E-state index contributed by atoms with van der Waals surface area (Å²) < 4.78 is 19.5. The summed E-state index contributed by atoms with van der Waals surface area (Å²) in [6.07, 6.45) is 1.94. The van der Waals surface area contributed by atoms with Crippen LogP contribution in [0.15, 0.2) is 48.0 Å². The standard InChI is InChI=1S/C27H29FN2O5/c1-4-5-13-29-21-10-7-6-9-19(21)27(26(29)34)22(23(31)18-12-11-17(2)20(28)16-18)24(32)25(33)30(27)14-8-15-35-3/h6-7,9-12,16,31H,4-5,8,13-15H2,1-3H3. The number of fused-ring (bicyclic) bond motifs is 2. The summed E-state index contributed by atoms with van der Waals surface area (Å²) in [7, 11) is 1.53. The molecule has 1 unspecified atom stereocenters. The van der Waals surface area contributed by atoms with Crippen LogP contribution in [0.1, 0.15) is 42.9 Å². The first-order chi connectivity index (χ1) is 16.8. The second-order valence-electron chi connectivity index (χ2n) is 8.86. The molecule has 1 atom stereocenters. The molecule has 1 N–H and O–H groups in total. The van der Waals surface area contributed by atoms with Gasteiger partial charge in [0, 0.05) is 37.9 Å². The van der Waals surface area contributed by atoms with Crippen molar-refractivity contribution in [1.82, 2.24) is 4.90 Å². The maximum Gasteiger partial charge on any atom is 0.296 e. The number of para-hydroxylation sites is 1. The van der Waals surface area contributed by atoms with E-state index in [0.717, 1.165) is 18.9 Å². The van der Waals surface area contributed by atoms with Crippen LogP contribution in [0.2, 0.25) is 0 Å². The van der Waals surface area contributed by atoms with Crippen LogP contribution < -0.4 is 4.90 Å². The Hall–Kier alpha value is -3.52. The van der Waals surface area contributed by atoms with E-state index in [9.17, 15) is 23.9 Å². The average molecular weight is 481 g/mol. The number of Topliss-reactive ketones (excluding diaryl/α,β-unsaturated/α-hetero) is 1. The van der Waals surface area contributed by atoms with Crippen molar-refractivity contribution in [2.45, 2.75) is 38.6 Å². The van der Waals surface area contributed by atoms with E-state index in [4.69, 9.17) is 4.74 Å². The summed E-state index contributed by atoms with van der Waals surface area (Å²) in [5.74, 6) is -3.47. The highest BCUT2D eigenvalue weighted by Crippen LogP contribution is 2.53. The SMILES string of the molecule is CCCCN1C(=O)C2(C(=C(O)c3ccc(C)c(F)c3)C(=O)C(=O)N2CCCOC)c2ccccc21. The Morgan fingerprint density at radius 1 is 1.09 bits per heavy atom. The van der Waals surface area contributed by atoms with E-state index in [1.807, 2.05) is 6.92 Å². The lowest BCUT2D eigenvalue weighted by Crippen LogP contribution is -2.52. The van der Waals surface area contributed by atoms with Gasteiger partial charge in [-0.1, -0.05) is 43.7 Å². The highest BCUT2D eigenvalue weighted by Gasteiger charge is 2.66. The van der Waals surface area contributed by atoms with Crippen molar-refractivity contribution in [3.63, 3.8) is 0 Å². The molecule has 2 aliphatic heterocycles. The summed E-state index contributed by atoms with van der Waals surface area (Å²) in [6, 6.07) is 11.1. The first-order valence-electron chi connectivity index (χ1n) is 11.8. The number of aliphatic hydroxyl groups is 1. The van der Waals surface area contributed by atoms with E-state index < -0.39 is 34.7 Å². The number of hydrogen-bond donors (Lipinski definition) is 1. The Morgan fingerprint density at radius 3 is 2.51 bits per heavy atom. The summed E-state index contributed by atoms with van der Waals surface area (Å²) in [6.45, 7) is 4.37. The zero-order valence-corrected chi connectivity index (χ0v) is 20.1. The van der Waals surface area contributed by atoms with Crippen molar-refractivity contribution >= 4 is 29.0 Å². The molecule has 0 aliphatic carbocycles. The molecule has 8 heteroatoms. The summed E-state index contributed by atoms with van der Waals surface area (Å²) >= 11 is 0. The van der Waals surface area contributed by atoms with Crippen LogP contribution in [0.5, 0.6) is 0 Å². The average Bonchev–Trinajstić information content (AvgIpc) is 3.22. The molecular formula is C27H29FN2O5. The Labute approximate surface area is 203 Å². The van der Waals surface area contributed by atoms with E-state index in [0.29, 0.717) is 36.4 Å². The fourth-order valence-electron chi connectivity index (χ4n) is 4.96. The van der Waals surface area contributed by atoms with Gasteiger partial charge in [-0.25, -0.2) is 4.39 Å². The molecule has 35 heavy (non-hydrogen) atoms. The minimum Gasteiger partial charge on any atom is -0.507 e. The molecule has 7 nitrogen and oxygen atoms in total. The van der Waals surface area contributed by atoms with Crippen molar-refractivity contribution < 1.29 is 28.6 Å². The molecule has 2 amide bonds. The second-order valence-corrected chi connectivity index (χ2v) is 8.86. The lowest BCUT2D eigenvalue weighted by Gasteiger charge is -2.34. The van der Waals surface area contributed by atoms with Gasteiger partial charge in [-0.05, 0) is 37.5 Å². The predicted octanol–water partition coefficient (Wildman–Crippen LogP) is 3.89. The fraction of sp³-hybridized carbons (Fsp3) is 0.370. The number of aliphatic hydroxyl groups excluding tert-OH is 1. The number of unbranched alkanes of at least 4 members (excludes halogenated alkanes) is 1. The van der Waals surface area contributed by atoms with Crippen LogP contribution >= 0.6 is 0 Å². The molecule has 1 spiro atoms. The Morgan fingerprint density at radius 2 is 1.83 bits per heavy atom. The zero-order valence-electron chi connectivity index (χ0n) is 20.1. The van der Waals surface area contributed by atoms with Gasteiger partial charge in [-0.3, -0.25) is 14.4 Å². The van der Waals surface area contributed by atoms with Crippen molar-refractivity contribution in [2.24, 2.45) is 0 Å². The fourth-order valence-corrected chi connectivity index (χ4v) is 4.96. The molecule has 2 aliphatic rings. The zero-order chi connectivity index (χ0) is 25.3. The van der Waals surface area contributed by atoms with Gasteiger partial charge in [0.25, 0.3) is 17.6 Å². The van der Waals surface area contributed by atoms with E-state index in [2.05, 4.69) is 0 Å². The molecule has 0 saturated carbocycles. The van der Waals surface area contributed by atoms with Gasteiger partial charge in [0.1, 0.15) is 11.6 Å². The molecule has 1 saturated heterocycles. The van der Waals surface area contributed by atoms with Gasteiger partial charge in [-0.2, -0.15) is 0 Å². The molecule has 2 aromatic rings. The quantitative estimate of drug-likeness (QED) is 0.268. The Balaban J connectivity index is 2.01. The highest BCUT2D eigenvalue weighted by molar-refractivity contribution is 6.50. The van der Waals surface area contributed by atoms with Crippen LogP contribution in [0.3, 0.4) is 0 Å². The number of aryl methyl sites for hydroxylation is 1. The normalized spacial score (nSPS) is 20.9. The van der Waals surface area contributed by atoms with E-state index in [1.54, 1.807) is 36.1 Å². The Bertz CT molecular complexity index is 1220. The third kappa shape index (κ3) is 3.72. The number of anilines is 1.